The van der Waals surface area contributed by atoms with E-state index in [0.717, 1.165) is 22.9 Å². The standard InChI is InChI=1S/C11H10ClN3O2S2/c12-9-2-1-8(19-9)6-5-7(17-15-6)10(16)14-11-13-3-4-18-11/h1-2,7H,3-5H2,(H,13,14,16). The highest BCUT2D eigenvalue weighted by Gasteiger charge is 2.30. The quantitative estimate of drug-likeness (QED) is 0.909. The van der Waals surface area contributed by atoms with Crippen LogP contribution in [0.1, 0.15) is 11.3 Å². The van der Waals surface area contributed by atoms with E-state index in [2.05, 4.69) is 15.5 Å². The number of thiophene rings is 1. The van der Waals surface area contributed by atoms with Crippen LogP contribution in [0, 0.1) is 0 Å². The lowest BCUT2D eigenvalue weighted by molar-refractivity contribution is -0.129. The summed E-state index contributed by atoms with van der Waals surface area (Å²) in [5, 5.41) is 7.38. The molecule has 0 saturated carbocycles. The van der Waals surface area contributed by atoms with Gasteiger partial charge in [0.25, 0.3) is 5.91 Å². The number of carbonyl (C=O) groups is 1. The number of hydrogen-bond acceptors (Lipinski definition) is 6. The van der Waals surface area contributed by atoms with E-state index in [9.17, 15) is 4.79 Å². The maximum Gasteiger partial charge on any atom is 0.270 e. The van der Waals surface area contributed by atoms with Crippen LogP contribution in [0.3, 0.4) is 0 Å². The van der Waals surface area contributed by atoms with Crippen molar-refractivity contribution in [3.8, 4) is 0 Å². The predicted octanol–water partition coefficient (Wildman–Crippen LogP) is 2.11. The first-order valence-electron chi connectivity index (χ1n) is 5.69. The fourth-order valence-corrected chi connectivity index (χ4v) is 3.49. The van der Waals surface area contributed by atoms with Crippen molar-refractivity contribution in [3.63, 3.8) is 0 Å². The molecule has 100 valence electrons. The Morgan fingerprint density at radius 1 is 1.53 bits per heavy atom. The van der Waals surface area contributed by atoms with Crippen molar-refractivity contribution >= 4 is 51.5 Å². The molecule has 1 aromatic heterocycles. The second-order valence-corrected chi connectivity index (χ2v) is 6.76. The van der Waals surface area contributed by atoms with Gasteiger partial charge in [0, 0.05) is 12.2 Å². The summed E-state index contributed by atoms with van der Waals surface area (Å²) in [5.41, 5.74) is 0.762. The van der Waals surface area contributed by atoms with Gasteiger partial charge in [-0.1, -0.05) is 28.5 Å². The van der Waals surface area contributed by atoms with Crippen LogP contribution in [-0.2, 0) is 9.63 Å². The van der Waals surface area contributed by atoms with E-state index in [1.165, 1.54) is 23.1 Å². The lowest BCUT2D eigenvalue weighted by Crippen LogP contribution is -2.37. The molecule has 0 radical (unpaired) electrons. The maximum atomic E-state index is 12.0. The Balaban J connectivity index is 1.59. The zero-order chi connectivity index (χ0) is 13.2. The van der Waals surface area contributed by atoms with Crippen LogP contribution < -0.4 is 5.32 Å². The first kappa shape index (κ1) is 13.0. The summed E-state index contributed by atoms with van der Waals surface area (Å²) in [6.07, 6.45) is -0.125. The molecule has 2 aliphatic heterocycles. The van der Waals surface area contributed by atoms with E-state index in [1.807, 2.05) is 6.07 Å². The molecule has 2 aliphatic rings. The number of thioether (sulfide) groups is 1. The Labute approximate surface area is 123 Å². The summed E-state index contributed by atoms with van der Waals surface area (Å²) in [6.45, 7) is 0.751. The van der Waals surface area contributed by atoms with E-state index >= 15 is 0 Å². The molecular formula is C11H10ClN3O2S2. The number of aliphatic imine (C=N–C) groups is 1. The second kappa shape index (κ2) is 5.52. The molecule has 0 spiro atoms. The molecule has 1 amide bonds. The first-order valence-corrected chi connectivity index (χ1v) is 7.87. The van der Waals surface area contributed by atoms with E-state index in [4.69, 9.17) is 16.4 Å². The number of amidine groups is 1. The van der Waals surface area contributed by atoms with Crippen molar-refractivity contribution < 1.29 is 9.63 Å². The molecule has 1 N–H and O–H groups in total. The third-order valence-electron chi connectivity index (χ3n) is 2.63. The van der Waals surface area contributed by atoms with Crippen molar-refractivity contribution in [3.05, 3.63) is 21.3 Å². The van der Waals surface area contributed by atoms with E-state index in [0.29, 0.717) is 15.9 Å². The molecule has 0 aromatic carbocycles. The lowest BCUT2D eigenvalue weighted by Gasteiger charge is -2.08. The maximum absolute atomic E-state index is 12.0. The monoisotopic (exact) mass is 315 g/mol. The fraction of sp³-hybridized carbons (Fsp3) is 0.364. The van der Waals surface area contributed by atoms with Crippen molar-refractivity contribution in [1.29, 1.82) is 0 Å². The molecule has 0 fully saturated rings. The van der Waals surface area contributed by atoms with Crippen molar-refractivity contribution in [2.24, 2.45) is 10.1 Å². The molecule has 1 aromatic rings. The highest BCUT2D eigenvalue weighted by molar-refractivity contribution is 8.14. The normalized spacial score (nSPS) is 21.8. The molecule has 1 unspecified atom stereocenters. The van der Waals surface area contributed by atoms with Crippen LogP contribution >= 0.6 is 34.7 Å². The second-order valence-electron chi connectivity index (χ2n) is 3.96. The van der Waals surface area contributed by atoms with Gasteiger partial charge in [0.2, 0.25) is 6.10 Å². The van der Waals surface area contributed by atoms with Crippen molar-refractivity contribution in [2.45, 2.75) is 12.5 Å². The highest BCUT2D eigenvalue weighted by Crippen LogP contribution is 2.26. The molecule has 5 nitrogen and oxygen atoms in total. The van der Waals surface area contributed by atoms with Gasteiger partial charge in [0.1, 0.15) is 5.71 Å². The molecular weight excluding hydrogens is 306 g/mol. The van der Waals surface area contributed by atoms with Gasteiger partial charge >= 0.3 is 0 Å². The average molecular weight is 316 g/mol. The van der Waals surface area contributed by atoms with Crippen LogP contribution in [0.25, 0.3) is 0 Å². The summed E-state index contributed by atoms with van der Waals surface area (Å²) in [7, 11) is 0. The minimum atomic E-state index is -0.584. The summed E-state index contributed by atoms with van der Waals surface area (Å²) < 4.78 is 0.697. The SMILES string of the molecule is O=C(NC1=NCCS1)C1CC(c2ccc(Cl)s2)=NO1. The van der Waals surface area contributed by atoms with Crippen LogP contribution in [0.4, 0.5) is 0 Å². The zero-order valence-electron chi connectivity index (χ0n) is 9.76. The van der Waals surface area contributed by atoms with Gasteiger partial charge < -0.3 is 10.2 Å². The van der Waals surface area contributed by atoms with Gasteiger partial charge in [0.15, 0.2) is 5.17 Å². The topological polar surface area (TPSA) is 63.0 Å². The molecule has 3 rings (SSSR count). The summed E-state index contributed by atoms with van der Waals surface area (Å²) in [4.78, 5) is 22.2. The number of oxime groups is 1. The van der Waals surface area contributed by atoms with E-state index in [-0.39, 0.29) is 5.91 Å². The molecule has 1 atom stereocenters. The minimum absolute atomic E-state index is 0.199. The van der Waals surface area contributed by atoms with Crippen LogP contribution in [0.5, 0.6) is 0 Å². The molecule has 19 heavy (non-hydrogen) atoms. The summed E-state index contributed by atoms with van der Waals surface area (Å²) >= 11 is 8.84. The Morgan fingerprint density at radius 2 is 2.42 bits per heavy atom. The fourth-order valence-electron chi connectivity index (χ4n) is 1.73. The third kappa shape index (κ3) is 2.93. The first-order chi connectivity index (χ1) is 9.22. The number of amides is 1. The molecule has 8 heteroatoms. The average Bonchev–Trinajstić information content (AvgIpc) is 3.07. The van der Waals surface area contributed by atoms with Crippen molar-refractivity contribution in [1.82, 2.24) is 5.32 Å². The number of nitrogens with zero attached hydrogens (tertiary/aromatic N) is 2. The third-order valence-corrected chi connectivity index (χ3v) is 4.81. The minimum Gasteiger partial charge on any atom is -0.382 e. The van der Waals surface area contributed by atoms with Crippen LogP contribution in [0.15, 0.2) is 22.3 Å². The van der Waals surface area contributed by atoms with Gasteiger partial charge in [-0.05, 0) is 12.1 Å². The summed E-state index contributed by atoms with van der Waals surface area (Å²) in [6, 6.07) is 3.69. The molecule has 3 heterocycles. The lowest BCUT2D eigenvalue weighted by atomic mass is 10.1. The van der Waals surface area contributed by atoms with E-state index in [1.54, 1.807) is 6.07 Å². The Morgan fingerprint density at radius 3 is 3.11 bits per heavy atom. The summed E-state index contributed by atoms with van der Waals surface area (Å²) in [5.74, 6) is 0.714. The molecule has 0 bridgehead atoms. The largest absolute Gasteiger partial charge is 0.382 e. The number of hydrogen-bond donors (Lipinski definition) is 1. The predicted molar refractivity (Wildman–Crippen MR) is 78.3 cm³/mol. The Hall–Kier alpha value is -1.05. The number of nitrogens with one attached hydrogen (secondary N) is 1. The van der Waals surface area contributed by atoms with Crippen LogP contribution in [0.2, 0.25) is 4.34 Å². The van der Waals surface area contributed by atoms with Gasteiger partial charge in [-0.3, -0.25) is 9.79 Å². The number of halogens is 1. The zero-order valence-corrected chi connectivity index (χ0v) is 12.1. The number of carbonyl (C=O) groups excluding carboxylic acids is 1. The van der Waals surface area contributed by atoms with Gasteiger partial charge in [-0.15, -0.1) is 11.3 Å². The van der Waals surface area contributed by atoms with Crippen LogP contribution in [-0.4, -0.2) is 35.2 Å². The van der Waals surface area contributed by atoms with Gasteiger partial charge in [-0.2, -0.15) is 0 Å². The Bertz CT molecular complexity index is 570. The van der Waals surface area contributed by atoms with Crippen molar-refractivity contribution in [2.75, 3.05) is 12.3 Å². The molecule has 0 saturated heterocycles. The molecule has 0 aliphatic carbocycles. The highest BCUT2D eigenvalue weighted by atomic mass is 35.5. The van der Waals surface area contributed by atoms with Gasteiger partial charge in [-0.25, -0.2) is 0 Å². The van der Waals surface area contributed by atoms with Gasteiger partial charge in [0.05, 0.1) is 15.8 Å². The Kier molecular flexibility index (Phi) is 3.76. The smallest absolute Gasteiger partial charge is 0.270 e. The van der Waals surface area contributed by atoms with E-state index < -0.39 is 6.10 Å². The number of rotatable bonds is 2.